The van der Waals surface area contributed by atoms with Crippen molar-refractivity contribution in [2.75, 3.05) is 7.11 Å². The van der Waals surface area contributed by atoms with E-state index >= 15 is 0 Å². The summed E-state index contributed by atoms with van der Waals surface area (Å²) in [6.45, 7) is 1.96. The smallest absolute Gasteiger partial charge is 0.452 e. The molecule has 0 aliphatic rings. The minimum atomic E-state index is -4.67. The van der Waals surface area contributed by atoms with E-state index in [1.807, 2.05) is 31.2 Å². The van der Waals surface area contributed by atoms with Crippen LogP contribution in [0.15, 0.2) is 54.6 Å². The Morgan fingerprint density at radius 3 is 2.36 bits per heavy atom. The van der Waals surface area contributed by atoms with Crippen LogP contribution in [0.3, 0.4) is 0 Å². The van der Waals surface area contributed by atoms with Gasteiger partial charge in [0.25, 0.3) is 0 Å². The van der Waals surface area contributed by atoms with Gasteiger partial charge in [0.05, 0.1) is 12.6 Å². The number of hydrogen-bond acceptors (Lipinski definition) is 4. The molecule has 8 heteroatoms. The number of rotatable bonds is 3. The Morgan fingerprint density at radius 2 is 1.68 bits per heavy atom. The van der Waals surface area contributed by atoms with Gasteiger partial charge in [0.2, 0.25) is 5.82 Å². The van der Waals surface area contributed by atoms with Gasteiger partial charge in [-0.3, -0.25) is 4.57 Å². The van der Waals surface area contributed by atoms with Gasteiger partial charge in [-0.15, -0.1) is 10.2 Å². The standard InChI is InChI=1S/C20H15F3N4O/c1-12-3-9-16-13(11-12)4-10-17(24-16)18-25-26-19(20(21,22)23)27(18)14-5-7-15(28-2)8-6-14/h3-11H,1-2H3. The van der Waals surface area contributed by atoms with E-state index in [1.54, 1.807) is 18.2 Å². The first-order valence-corrected chi connectivity index (χ1v) is 8.41. The van der Waals surface area contributed by atoms with Gasteiger partial charge in [0.1, 0.15) is 11.4 Å². The second-order valence-corrected chi connectivity index (χ2v) is 6.27. The minimum Gasteiger partial charge on any atom is -0.497 e. The summed E-state index contributed by atoms with van der Waals surface area (Å²) in [5.41, 5.74) is 2.30. The van der Waals surface area contributed by atoms with Crippen LogP contribution in [-0.4, -0.2) is 26.9 Å². The van der Waals surface area contributed by atoms with Crippen molar-refractivity contribution in [1.29, 1.82) is 0 Å². The number of fused-ring (bicyclic) bond motifs is 1. The molecule has 5 nitrogen and oxygen atoms in total. The summed E-state index contributed by atoms with van der Waals surface area (Å²) in [5, 5.41) is 8.09. The molecule has 0 N–H and O–H groups in total. The third-order valence-electron chi connectivity index (χ3n) is 4.32. The zero-order valence-corrected chi connectivity index (χ0v) is 15.0. The molecule has 0 fully saturated rings. The third-order valence-corrected chi connectivity index (χ3v) is 4.32. The summed E-state index contributed by atoms with van der Waals surface area (Å²) >= 11 is 0. The van der Waals surface area contributed by atoms with E-state index < -0.39 is 12.0 Å². The number of aryl methyl sites for hydroxylation is 1. The Morgan fingerprint density at radius 1 is 0.929 bits per heavy atom. The molecule has 2 aromatic carbocycles. The van der Waals surface area contributed by atoms with Gasteiger partial charge in [-0.1, -0.05) is 17.7 Å². The third kappa shape index (κ3) is 3.17. The van der Waals surface area contributed by atoms with E-state index in [0.29, 0.717) is 17.0 Å². The maximum Gasteiger partial charge on any atom is 0.452 e. The molecular formula is C20H15F3N4O. The molecule has 0 unspecified atom stereocenters. The van der Waals surface area contributed by atoms with Crippen LogP contribution in [-0.2, 0) is 6.18 Å². The highest BCUT2D eigenvalue weighted by Crippen LogP contribution is 2.33. The molecule has 0 amide bonds. The van der Waals surface area contributed by atoms with E-state index in [0.717, 1.165) is 15.5 Å². The first kappa shape index (κ1) is 18.0. The SMILES string of the molecule is COc1ccc(-n2c(-c3ccc4cc(C)ccc4n3)nnc2C(F)(F)F)cc1. The van der Waals surface area contributed by atoms with Gasteiger partial charge in [0.15, 0.2) is 5.82 Å². The van der Waals surface area contributed by atoms with Gasteiger partial charge >= 0.3 is 6.18 Å². The highest BCUT2D eigenvalue weighted by Gasteiger charge is 2.39. The average Bonchev–Trinajstić information content (AvgIpc) is 3.13. The summed E-state index contributed by atoms with van der Waals surface area (Å²) in [6.07, 6.45) is -4.67. The molecule has 4 aromatic rings. The molecule has 0 radical (unpaired) electrons. The minimum absolute atomic E-state index is 0.0139. The van der Waals surface area contributed by atoms with Gasteiger partial charge in [-0.2, -0.15) is 13.2 Å². The lowest BCUT2D eigenvalue weighted by Crippen LogP contribution is -2.14. The monoisotopic (exact) mass is 384 g/mol. The Hall–Kier alpha value is -3.42. The van der Waals surface area contributed by atoms with Crippen molar-refractivity contribution in [3.8, 4) is 23.0 Å². The number of nitrogens with zero attached hydrogens (tertiary/aromatic N) is 4. The van der Waals surface area contributed by atoms with Crippen LogP contribution >= 0.6 is 0 Å². The van der Waals surface area contributed by atoms with Crippen molar-refractivity contribution in [3.05, 3.63) is 66.0 Å². The lowest BCUT2D eigenvalue weighted by atomic mass is 10.1. The largest absolute Gasteiger partial charge is 0.497 e. The second-order valence-electron chi connectivity index (χ2n) is 6.27. The Labute approximate surface area is 158 Å². The molecule has 0 saturated carbocycles. The zero-order chi connectivity index (χ0) is 19.9. The van der Waals surface area contributed by atoms with Crippen LogP contribution in [0.2, 0.25) is 0 Å². The lowest BCUT2D eigenvalue weighted by Gasteiger charge is -2.13. The maximum atomic E-state index is 13.5. The number of methoxy groups -OCH3 is 1. The van der Waals surface area contributed by atoms with E-state index in [2.05, 4.69) is 15.2 Å². The lowest BCUT2D eigenvalue weighted by molar-refractivity contribution is -0.146. The fourth-order valence-corrected chi connectivity index (χ4v) is 2.98. The molecule has 0 atom stereocenters. The molecule has 4 rings (SSSR count). The Balaban J connectivity index is 1.92. The first-order valence-electron chi connectivity index (χ1n) is 8.41. The van der Waals surface area contributed by atoms with Gasteiger partial charge < -0.3 is 4.74 Å². The van der Waals surface area contributed by atoms with Crippen LogP contribution in [0.5, 0.6) is 5.75 Å². The van der Waals surface area contributed by atoms with Crippen molar-refractivity contribution in [3.63, 3.8) is 0 Å². The number of alkyl halides is 3. The van der Waals surface area contributed by atoms with Gasteiger partial charge in [-0.25, -0.2) is 4.98 Å². The summed E-state index contributed by atoms with van der Waals surface area (Å²) in [5.74, 6) is -0.565. The molecule has 28 heavy (non-hydrogen) atoms. The molecule has 0 bridgehead atoms. The maximum absolute atomic E-state index is 13.5. The quantitative estimate of drug-likeness (QED) is 0.508. The highest BCUT2D eigenvalue weighted by atomic mass is 19.4. The number of pyridine rings is 1. The normalized spacial score (nSPS) is 11.8. The van der Waals surface area contributed by atoms with Crippen LogP contribution < -0.4 is 4.74 Å². The van der Waals surface area contributed by atoms with Crippen molar-refractivity contribution in [2.24, 2.45) is 0 Å². The number of hydrogen-bond donors (Lipinski definition) is 0. The fourth-order valence-electron chi connectivity index (χ4n) is 2.98. The molecule has 0 aliphatic heterocycles. The summed E-state index contributed by atoms with van der Waals surface area (Å²) in [7, 11) is 1.49. The number of ether oxygens (including phenoxy) is 1. The Bertz CT molecular complexity index is 1150. The second kappa shape index (κ2) is 6.63. The van der Waals surface area contributed by atoms with E-state index in [9.17, 15) is 13.2 Å². The predicted molar refractivity (Wildman–Crippen MR) is 98.4 cm³/mol. The van der Waals surface area contributed by atoms with Gasteiger partial charge in [-0.05, 0) is 49.4 Å². The molecule has 2 heterocycles. The van der Waals surface area contributed by atoms with E-state index in [4.69, 9.17) is 4.74 Å². The van der Waals surface area contributed by atoms with E-state index in [-0.39, 0.29) is 11.5 Å². The highest BCUT2D eigenvalue weighted by molar-refractivity contribution is 5.81. The Kier molecular flexibility index (Phi) is 4.26. The number of aromatic nitrogens is 4. The summed E-state index contributed by atoms with van der Waals surface area (Å²) < 4.78 is 46.7. The number of benzene rings is 2. The molecule has 142 valence electrons. The topological polar surface area (TPSA) is 52.8 Å². The van der Waals surface area contributed by atoms with Crippen molar-refractivity contribution in [1.82, 2.24) is 19.7 Å². The molecule has 0 saturated heterocycles. The average molecular weight is 384 g/mol. The van der Waals surface area contributed by atoms with Crippen molar-refractivity contribution in [2.45, 2.75) is 13.1 Å². The van der Waals surface area contributed by atoms with Crippen LogP contribution in [0.1, 0.15) is 11.4 Å². The van der Waals surface area contributed by atoms with Gasteiger partial charge in [0, 0.05) is 11.1 Å². The summed E-state index contributed by atoms with van der Waals surface area (Å²) in [6, 6.07) is 15.3. The fraction of sp³-hybridized carbons (Fsp3) is 0.150. The van der Waals surface area contributed by atoms with Crippen LogP contribution in [0, 0.1) is 6.92 Å². The molecular weight excluding hydrogens is 369 g/mol. The summed E-state index contributed by atoms with van der Waals surface area (Å²) in [4.78, 5) is 4.49. The predicted octanol–water partition coefficient (Wildman–Crippen LogP) is 4.82. The molecule has 2 aromatic heterocycles. The molecule has 0 aliphatic carbocycles. The number of halogens is 3. The van der Waals surface area contributed by atoms with E-state index in [1.165, 1.54) is 19.2 Å². The zero-order valence-electron chi connectivity index (χ0n) is 15.0. The van der Waals surface area contributed by atoms with Crippen molar-refractivity contribution < 1.29 is 17.9 Å². The molecule has 0 spiro atoms. The van der Waals surface area contributed by atoms with Crippen LogP contribution in [0.25, 0.3) is 28.1 Å². The van der Waals surface area contributed by atoms with Crippen molar-refractivity contribution >= 4 is 10.9 Å². The van der Waals surface area contributed by atoms with Crippen LogP contribution in [0.4, 0.5) is 13.2 Å². The first-order chi connectivity index (χ1) is 13.4.